The number of unbranched alkanes of at least 4 members (excludes halogenated alkanes) is 1. The van der Waals surface area contributed by atoms with E-state index in [1.165, 1.54) is 59.1 Å². The van der Waals surface area contributed by atoms with E-state index in [-0.39, 0.29) is 0 Å². The lowest BCUT2D eigenvalue weighted by atomic mass is 10.0. The van der Waals surface area contributed by atoms with E-state index in [0.29, 0.717) is 0 Å². The highest BCUT2D eigenvalue weighted by Gasteiger charge is 1.95. The molecule has 0 aromatic heterocycles. The normalized spacial score (nSPS) is 13.3. The standard InChI is InChI=1S/C31H50/c1-9-31(25-15-23-30(8)20-13-17-27(4)5)24-11-10-18-28(6)21-14-22-29(7)19-12-16-26(2)3/h9,16-18,22-24H,1,10-15,19-21,25H2,2-8H3/b28-18+,29-22+,30-23+,31-24+. The highest BCUT2D eigenvalue weighted by molar-refractivity contribution is 5.17. The van der Waals surface area contributed by atoms with Crippen molar-refractivity contribution in [3.8, 4) is 0 Å². The predicted octanol–water partition coefficient (Wildman–Crippen LogP) is 10.8. The molecular formula is C31H50. The fourth-order valence-corrected chi connectivity index (χ4v) is 3.40. The van der Waals surface area contributed by atoms with Crippen LogP contribution in [0.15, 0.2) is 82.5 Å². The second kappa shape index (κ2) is 18.9. The molecule has 31 heavy (non-hydrogen) atoms. The first-order chi connectivity index (χ1) is 14.7. The minimum atomic E-state index is 1.10. The molecule has 0 saturated heterocycles. The molecule has 0 aromatic carbocycles. The molecule has 0 heteroatoms. The summed E-state index contributed by atoms with van der Waals surface area (Å²) in [5, 5.41) is 0. The molecule has 0 aliphatic rings. The number of hydrogen-bond donors (Lipinski definition) is 0. The Labute approximate surface area is 195 Å². The molecule has 0 radical (unpaired) electrons. The molecule has 0 atom stereocenters. The van der Waals surface area contributed by atoms with E-state index in [0.717, 1.165) is 38.5 Å². The van der Waals surface area contributed by atoms with Crippen LogP contribution in [0.1, 0.15) is 113 Å². The summed E-state index contributed by atoms with van der Waals surface area (Å²) in [5.74, 6) is 0. The van der Waals surface area contributed by atoms with Crippen molar-refractivity contribution < 1.29 is 0 Å². The second-order valence-electron chi connectivity index (χ2n) is 9.43. The molecule has 0 fully saturated rings. The average molecular weight is 423 g/mol. The zero-order chi connectivity index (χ0) is 23.5. The van der Waals surface area contributed by atoms with Crippen molar-refractivity contribution >= 4 is 0 Å². The van der Waals surface area contributed by atoms with Gasteiger partial charge in [-0.15, -0.1) is 0 Å². The lowest BCUT2D eigenvalue weighted by molar-refractivity contribution is 0.902. The minimum Gasteiger partial charge on any atom is -0.0988 e. The minimum absolute atomic E-state index is 1.10. The average Bonchev–Trinajstić information content (AvgIpc) is 2.69. The molecule has 0 rings (SSSR count). The van der Waals surface area contributed by atoms with Crippen LogP contribution >= 0.6 is 0 Å². The maximum absolute atomic E-state index is 4.01. The summed E-state index contributed by atoms with van der Waals surface area (Å²) in [6.45, 7) is 19.5. The Kier molecular flexibility index (Phi) is 17.8. The lowest BCUT2D eigenvalue weighted by Crippen LogP contribution is -1.83. The summed E-state index contributed by atoms with van der Waals surface area (Å²) in [6.07, 6.45) is 27.8. The number of hydrogen-bond acceptors (Lipinski definition) is 0. The van der Waals surface area contributed by atoms with Crippen molar-refractivity contribution in [1.82, 2.24) is 0 Å². The van der Waals surface area contributed by atoms with Crippen LogP contribution < -0.4 is 0 Å². The fraction of sp³-hybridized carbons (Fsp3) is 0.548. The topological polar surface area (TPSA) is 0 Å². The van der Waals surface area contributed by atoms with Crippen LogP contribution in [0.3, 0.4) is 0 Å². The summed E-state index contributed by atoms with van der Waals surface area (Å²) in [5.41, 5.74) is 8.74. The fourth-order valence-electron chi connectivity index (χ4n) is 3.40. The SMILES string of the molecule is C=C/C(=C\CC/C=C(\C)CC/C=C(\C)CCC=C(C)C)CC/C=C(\C)CCC=C(C)C. The monoisotopic (exact) mass is 422 g/mol. The first-order valence-corrected chi connectivity index (χ1v) is 12.3. The maximum atomic E-state index is 4.01. The Balaban J connectivity index is 4.22. The van der Waals surface area contributed by atoms with Gasteiger partial charge in [-0.25, -0.2) is 0 Å². The molecular weight excluding hydrogens is 372 g/mol. The Morgan fingerprint density at radius 1 is 0.452 bits per heavy atom. The zero-order valence-corrected chi connectivity index (χ0v) is 21.8. The molecule has 0 heterocycles. The highest BCUT2D eigenvalue weighted by atomic mass is 14.0. The van der Waals surface area contributed by atoms with Crippen LogP contribution in [0.25, 0.3) is 0 Å². The molecule has 0 aliphatic heterocycles. The molecule has 0 unspecified atom stereocenters. The number of rotatable bonds is 16. The van der Waals surface area contributed by atoms with E-state index in [1.807, 2.05) is 6.08 Å². The van der Waals surface area contributed by atoms with Crippen molar-refractivity contribution in [3.05, 3.63) is 82.5 Å². The first-order valence-electron chi connectivity index (χ1n) is 12.3. The van der Waals surface area contributed by atoms with Gasteiger partial charge in [-0.05, 0) is 113 Å². The Morgan fingerprint density at radius 2 is 0.806 bits per heavy atom. The Morgan fingerprint density at radius 3 is 1.23 bits per heavy atom. The van der Waals surface area contributed by atoms with Gasteiger partial charge in [0.15, 0.2) is 0 Å². The van der Waals surface area contributed by atoms with Gasteiger partial charge in [-0.3, -0.25) is 0 Å². The molecule has 0 saturated carbocycles. The predicted molar refractivity (Wildman–Crippen MR) is 145 cm³/mol. The van der Waals surface area contributed by atoms with Gasteiger partial charge < -0.3 is 0 Å². The van der Waals surface area contributed by atoms with Crippen molar-refractivity contribution in [2.75, 3.05) is 0 Å². The van der Waals surface area contributed by atoms with Crippen LogP contribution in [-0.2, 0) is 0 Å². The van der Waals surface area contributed by atoms with Gasteiger partial charge in [0.25, 0.3) is 0 Å². The highest BCUT2D eigenvalue weighted by Crippen LogP contribution is 2.15. The third-order valence-corrected chi connectivity index (χ3v) is 5.47. The third kappa shape index (κ3) is 19.9. The molecule has 0 aromatic rings. The van der Waals surface area contributed by atoms with Gasteiger partial charge in [0.05, 0.1) is 0 Å². The summed E-state index contributed by atoms with van der Waals surface area (Å²) in [6, 6.07) is 0. The van der Waals surface area contributed by atoms with Gasteiger partial charge in [-0.2, -0.15) is 0 Å². The van der Waals surface area contributed by atoms with E-state index < -0.39 is 0 Å². The van der Waals surface area contributed by atoms with Crippen LogP contribution in [0.4, 0.5) is 0 Å². The lowest BCUT2D eigenvalue weighted by Gasteiger charge is -2.03. The largest absolute Gasteiger partial charge is 0.0988 e. The number of allylic oxidation sites excluding steroid dienone is 13. The molecule has 0 nitrogen and oxygen atoms in total. The zero-order valence-electron chi connectivity index (χ0n) is 21.8. The van der Waals surface area contributed by atoms with Crippen molar-refractivity contribution in [2.24, 2.45) is 0 Å². The van der Waals surface area contributed by atoms with Gasteiger partial charge in [0.1, 0.15) is 0 Å². The van der Waals surface area contributed by atoms with E-state index in [4.69, 9.17) is 0 Å². The molecule has 0 aliphatic carbocycles. The Hall–Kier alpha value is -1.82. The molecule has 0 amide bonds. The maximum Gasteiger partial charge on any atom is -0.0247 e. The van der Waals surface area contributed by atoms with Gasteiger partial charge in [0.2, 0.25) is 0 Å². The summed E-state index contributed by atoms with van der Waals surface area (Å²) in [7, 11) is 0. The second-order valence-corrected chi connectivity index (χ2v) is 9.43. The first kappa shape index (κ1) is 29.2. The van der Waals surface area contributed by atoms with Gasteiger partial charge >= 0.3 is 0 Å². The third-order valence-electron chi connectivity index (χ3n) is 5.47. The smallest absolute Gasteiger partial charge is 0.0247 e. The molecule has 174 valence electrons. The quantitative estimate of drug-likeness (QED) is 0.132. The van der Waals surface area contributed by atoms with Gasteiger partial charge in [0, 0.05) is 0 Å². The van der Waals surface area contributed by atoms with Crippen molar-refractivity contribution in [3.63, 3.8) is 0 Å². The Bertz CT molecular complexity index is 678. The van der Waals surface area contributed by atoms with Crippen LogP contribution in [0.5, 0.6) is 0 Å². The summed E-state index contributed by atoms with van der Waals surface area (Å²) >= 11 is 0. The van der Waals surface area contributed by atoms with E-state index in [2.05, 4.69) is 91.5 Å². The van der Waals surface area contributed by atoms with Crippen molar-refractivity contribution in [2.45, 2.75) is 113 Å². The molecule has 0 bridgehead atoms. The van der Waals surface area contributed by atoms with Crippen LogP contribution in [0, 0.1) is 0 Å². The van der Waals surface area contributed by atoms with Gasteiger partial charge in [-0.1, -0.05) is 82.5 Å². The summed E-state index contributed by atoms with van der Waals surface area (Å²) in [4.78, 5) is 0. The molecule has 0 spiro atoms. The molecule has 0 N–H and O–H groups in total. The van der Waals surface area contributed by atoms with E-state index in [1.54, 1.807) is 0 Å². The van der Waals surface area contributed by atoms with Crippen LogP contribution in [0.2, 0.25) is 0 Å². The van der Waals surface area contributed by atoms with E-state index >= 15 is 0 Å². The van der Waals surface area contributed by atoms with E-state index in [9.17, 15) is 0 Å². The summed E-state index contributed by atoms with van der Waals surface area (Å²) < 4.78 is 0. The van der Waals surface area contributed by atoms with Crippen molar-refractivity contribution in [1.29, 1.82) is 0 Å². The van der Waals surface area contributed by atoms with Crippen LogP contribution in [-0.4, -0.2) is 0 Å².